The number of β-amino-alcohol motifs (C(OH)–C–C–N with tert-alkyl or cyclic N) is 1. The molecule has 160 valence electrons. The average Bonchev–Trinajstić information content (AvgIpc) is 3.22. The van der Waals surface area contributed by atoms with Crippen molar-refractivity contribution in [2.75, 3.05) is 60.5 Å². The van der Waals surface area contributed by atoms with Crippen molar-refractivity contribution in [3.8, 4) is 11.5 Å². The number of methoxy groups -OCH3 is 1. The number of rotatable bonds is 10. The second-order valence-electron chi connectivity index (χ2n) is 7.75. The first-order valence-corrected chi connectivity index (χ1v) is 10.1. The molecule has 1 saturated heterocycles. The van der Waals surface area contributed by atoms with E-state index >= 15 is 0 Å². The standard InChI is InChI=1S/C21H33N5O3/c1-24-8-10-26(11-9-24)14-18(27)16-29-20-12-19(28-3)5-4-17(20)13-25(2)15-21-22-6-7-23-21/h4-7,12,18,27H,8-11,13-16H2,1-3H3,(H,22,23). The summed E-state index contributed by atoms with van der Waals surface area (Å²) in [6.45, 7) is 6.34. The minimum absolute atomic E-state index is 0.258. The van der Waals surface area contributed by atoms with Crippen LogP contribution in [0, 0.1) is 0 Å². The highest BCUT2D eigenvalue weighted by molar-refractivity contribution is 5.40. The fourth-order valence-electron chi connectivity index (χ4n) is 3.48. The van der Waals surface area contributed by atoms with Gasteiger partial charge in [-0.25, -0.2) is 4.98 Å². The third-order valence-corrected chi connectivity index (χ3v) is 5.19. The van der Waals surface area contributed by atoms with E-state index in [2.05, 4.69) is 31.7 Å². The molecule has 0 saturated carbocycles. The van der Waals surface area contributed by atoms with E-state index in [4.69, 9.17) is 9.47 Å². The summed E-state index contributed by atoms with van der Waals surface area (Å²) in [6.07, 6.45) is 3.05. The van der Waals surface area contributed by atoms with E-state index in [-0.39, 0.29) is 6.61 Å². The van der Waals surface area contributed by atoms with E-state index in [0.29, 0.717) is 19.6 Å². The molecule has 0 aliphatic carbocycles. The molecule has 1 atom stereocenters. The Morgan fingerprint density at radius 2 is 2.03 bits per heavy atom. The minimum Gasteiger partial charge on any atom is -0.497 e. The maximum atomic E-state index is 10.5. The summed E-state index contributed by atoms with van der Waals surface area (Å²) in [5.74, 6) is 2.41. The first-order chi connectivity index (χ1) is 14.0. The van der Waals surface area contributed by atoms with Gasteiger partial charge < -0.3 is 24.5 Å². The van der Waals surface area contributed by atoms with E-state index in [1.54, 1.807) is 13.3 Å². The number of nitrogens with one attached hydrogen (secondary N) is 1. The minimum atomic E-state index is -0.529. The molecule has 1 aliphatic rings. The maximum absolute atomic E-state index is 10.5. The molecule has 29 heavy (non-hydrogen) atoms. The lowest BCUT2D eigenvalue weighted by Crippen LogP contribution is -2.47. The van der Waals surface area contributed by atoms with Crippen LogP contribution in [0.25, 0.3) is 0 Å². The third kappa shape index (κ3) is 6.71. The molecule has 1 aromatic heterocycles. The molecule has 0 bridgehead atoms. The quantitative estimate of drug-likeness (QED) is 0.614. The maximum Gasteiger partial charge on any atom is 0.127 e. The molecule has 2 aromatic rings. The monoisotopic (exact) mass is 403 g/mol. The van der Waals surface area contributed by atoms with Gasteiger partial charge in [0.15, 0.2) is 0 Å². The van der Waals surface area contributed by atoms with Gasteiger partial charge >= 0.3 is 0 Å². The lowest BCUT2D eigenvalue weighted by molar-refractivity contribution is 0.0500. The van der Waals surface area contributed by atoms with Gasteiger partial charge in [0.1, 0.15) is 30.0 Å². The highest BCUT2D eigenvalue weighted by Crippen LogP contribution is 2.26. The molecule has 0 spiro atoms. The van der Waals surface area contributed by atoms with Crippen molar-refractivity contribution in [2.24, 2.45) is 0 Å². The van der Waals surface area contributed by atoms with Gasteiger partial charge in [-0.05, 0) is 20.2 Å². The molecule has 0 amide bonds. The van der Waals surface area contributed by atoms with Gasteiger partial charge in [0.05, 0.1) is 13.7 Å². The van der Waals surface area contributed by atoms with Crippen LogP contribution >= 0.6 is 0 Å². The lowest BCUT2D eigenvalue weighted by atomic mass is 10.1. The molecule has 1 unspecified atom stereocenters. The number of imidazole rings is 1. The van der Waals surface area contributed by atoms with Crippen LogP contribution in [0.5, 0.6) is 11.5 Å². The topological polar surface area (TPSA) is 77.1 Å². The van der Waals surface area contributed by atoms with Crippen LogP contribution in [0.1, 0.15) is 11.4 Å². The predicted molar refractivity (Wildman–Crippen MR) is 112 cm³/mol. The van der Waals surface area contributed by atoms with E-state index in [9.17, 15) is 5.11 Å². The van der Waals surface area contributed by atoms with Crippen LogP contribution in [-0.2, 0) is 13.1 Å². The van der Waals surface area contributed by atoms with Crippen molar-refractivity contribution in [1.82, 2.24) is 24.7 Å². The number of piperazine rings is 1. The number of hydrogen-bond acceptors (Lipinski definition) is 7. The normalized spacial score (nSPS) is 16.9. The zero-order valence-electron chi connectivity index (χ0n) is 17.7. The smallest absolute Gasteiger partial charge is 0.127 e. The molecule has 1 fully saturated rings. The predicted octanol–water partition coefficient (Wildman–Crippen LogP) is 1.04. The molecule has 2 heterocycles. The van der Waals surface area contributed by atoms with Crippen molar-refractivity contribution in [1.29, 1.82) is 0 Å². The summed E-state index contributed by atoms with van der Waals surface area (Å²) in [4.78, 5) is 14.2. The Morgan fingerprint density at radius 1 is 1.24 bits per heavy atom. The molecule has 0 radical (unpaired) electrons. The van der Waals surface area contributed by atoms with Gasteiger partial charge in [-0.15, -0.1) is 0 Å². The van der Waals surface area contributed by atoms with E-state index in [0.717, 1.165) is 49.1 Å². The highest BCUT2D eigenvalue weighted by Gasteiger charge is 2.18. The molecule has 1 aromatic carbocycles. The number of aromatic nitrogens is 2. The number of benzene rings is 1. The number of H-pyrrole nitrogens is 1. The van der Waals surface area contributed by atoms with Gasteiger partial charge in [0.2, 0.25) is 0 Å². The summed E-state index contributed by atoms with van der Waals surface area (Å²) in [6, 6.07) is 5.84. The van der Waals surface area contributed by atoms with Crippen molar-refractivity contribution >= 4 is 0 Å². The lowest BCUT2D eigenvalue weighted by Gasteiger charge is -2.33. The molecule has 1 aliphatic heterocycles. The summed E-state index contributed by atoms with van der Waals surface area (Å²) in [7, 11) is 5.81. The molecule has 3 rings (SSSR count). The zero-order valence-corrected chi connectivity index (χ0v) is 17.7. The first-order valence-electron chi connectivity index (χ1n) is 10.1. The number of aliphatic hydroxyl groups excluding tert-OH is 1. The first kappa shape index (κ1) is 21.6. The molecular formula is C21H33N5O3. The van der Waals surface area contributed by atoms with Crippen molar-refractivity contribution < 1.29 is 14.6 Å². The summed E-state index contributed by atoms with van der Waals surface area (Å²) < 4.78 is 11.4. The fourth-order valence-corrected chi connectivity index (χ4v) is 3.48. The van der Waals surface area contributed by atoms with E-state index in [1.807, 2.05) is 31.4 Å². The van der Waals surface area contributed by atoms with Crippen molar-refractivity contribution in [3.63, 3.8) is 0 Å². The van der Waals surface area contributed by atoms with Gasteiger partial charge in [-0.3, -0.25) is 9.80 Å². The summed E-state index contributed by atoms with van der Waals surface area (Å²) in [5.41, 5.74) is 1.05. The van der Waals surface area contributed by atoms with Crippen LogP contribution in [0.4, 0.5) is 0 Å². The summed E-state index contributed by atoms with van der Waals surface area (Å²) >= 11 is 0. The van der Waals surface area contributed by atoms with Crippen LogP contribution < -0.4 is 9.47 Å². The second kappa shape index (κ2) is 10.6. The van der Waals surface area contributed by atoms with Crippen LogP contribution in [0.3, 0.4) is 0 Å². The van der Waals surface area contributed by atoms with Crippen molar-refractivity contribution in [3.05, 3.63) is 42.0 Å². The Kier molecular flexibility index (Phi) is 7.88. The second-order valence-corrected chi connectivity index (χ2v) is 7.75. The van der Waals surface area contributed by atoms with E-state index in [1.165, 1.54) is 0 Å². The van der Waals surface area contributed by atoms with Gasteiger partial charge in [0.25, 0.3) is 0 Å². The van der Waals surface area contributed by atoms with Crippen LogP contribution in [-0.4, -0.2) is 96.4 Å². The Hall–Kier alpha value is -2.13. The van der Waals surface area contributed by atoms with Crippen molar-refractivity contribution in [2.45, 2.75) is 19.2 Å². The van der Waals surface area contributed by atoms with Gasteiger partial charge in [0, 0.05) is 63.3 Å². The number of likely N-dealkylation sites (N-methyl/N-ethyl adjacent to an activating group) is 1. The summed E-state index contributed by atoms with van der Waals surface area (Å²) in [5, 5.41) is 10.5. The Balaban J connectivity index is 1.56. The number of hydrogen-bond donors (Lipinski definition) is 2. The SMILES string of the molecule is COc1ccc(CN(C)Cc2ncc[nH]2)c(OCC(O)CN2CCN(C)CC2)c1. The van der Waals surface area contributed by atoms with Gasteiger partial charge in [-0.2, -0.15) is 0 Å². The third-order valence-electron chi connectivity index (χ3n) is 5.19. The molecule has 8 nitrogen and oxygen atoms in total. The van der Waals surface area contributed by atoms with E-state index < -0.39 is 6.10 Å². The highest BCUT2D eigenvalue weighted by atomic mass is 16.5. The Morgan fingerprint density at radius 3 is 2.72 bits per heavy atom. The largest absolute Gasteiger partial charge is 0.497 e. The molecular weight excluding hydrogens is 370 g/mol. The number of aromatic amines is 1. The number of ether oxygens (including phenoxy) is 2. The number of nitrogens with zero attached hydrogens (tertiary/aromatic N) is 4. The average molecular weight is 404 g/mol. The Labute approximate surface area is 173 Å². The Bertz CT molecular complexity index is 732. The molecule has 2 N–H and O–H groups in total. The zero-order chi connectivity index (χ0) is 20.6. The van der Waals surface area contributed by atoms with Crippen LogP contribution in [0.15, 0.2) is 30.6 Å². The fraction of sp³-hybridized carbons (Fsp3) is 0.571. The van der Waals surface area contributed by atoms with Crippen LogP contribution in [0.2, 0.25) is 0 Å². The molecule has 8 heteroatoms. The van der Waals surface area contributed by atoms with Gasteiger partial charge in [-0.1, -0.05) is 6.07 Å². The number of aliphatic hydroxyl groups is 1.